The van der Waals surface area contributed by atoms with Crippen molar-refractivity contribution in [3.05, 3.63) is 23.5 Å². The van der Waals surface area contributed by atoms with Gasteiger partial charge >= 0.3 is 0 Å². The number of hydrogen-bond donors (Lipinski definition) is 1. The molecule has 1 saturated heterocycles. The van der Waals surface area contributed by atoms with Crippen LogP contribution in [0.15, 0.2) is 17.0 Å². The van der Waals surface area contributed by atoms with E-state index in [2.05, 4.69) is 10.3 Å². The summed E-state index contributed by atoms with van der Waals surface area (Å²) in [6, 6.07) is 2.29. The normalized spacial score (nSPS) is 18.2. The molecule has 2 heterocycles. The first-order chi connectivity index (χ1) is 9.23. The van der Waals surface area contributed by atoms with Crippen LogP contribution >= 0.6 is 0 Å². The molecule has 1 N–H and O–H groups in total. The highest BCUT2D eigenvalue weighted by Crippen LogP contribution is 2.27. The second-order valence-electron chi connectivity index (χ2n) is 4.82. The molecule has 1 aromatic heterocycles. The van der Waals surface area contributed by atoms with Crippen molar-refractivity contribution in [3.63, 3.8) is 0 Å². The summed E-state index contributed by atoms with van der Waals surface area (Å²) in [4.78, 5) is 3.73. The number of pyridine rings is 1. The van der Waals surface area contributed by atoms with Crippen molar-refractivity contribution in [1.82, 2.24) is 14.6 Å². The quantitative estimate of drug-likeness (QED) is 0.908. The Morgan fingerprint density at radius 2 is 1.90 bits per heavy atom. The summed E-state index contributed by atoms with van der Waals surface area (Å²) >= 11 is 0. The Hall–Kier alpha value is -1.12. The van der Waals surface area contributed by atoms with Crippen molar-refractivity contribution in [2.75, 3.05) is 26.2 Å². The van der Waals surface area contributed by atoms with E-state index >= 15 is 0 Å². The summed E-state index contributed by atoms with van der Waals surface area (Å²) in [6.07, 6.45) is 0. The highest BCUT2D eigenvalue weighted by Gasteiger charge is 2.31. The van der Waals surface area contributed by atoms with Crippen LogP contribution in [0, 0.1) is 6.92 Å². The van der Waals surface area contributed by atoms with E-state index in [9.17, 15) is 17.2 Å². The molecule has 20 heavy (non-hydrogen) atoms. The average molecular weight is 305 g/mol. The van der Waals surface area contributed by atoms with E-state index in [1.165, 1.54) is 17.3 Å². The number of piperazine rings is 1. The lowest BCUT2D eigenvalue weighted by atomic mass is 10.2. The molecule has 1 aliphatic heterocycles. The van der Waals surface area contributed by atoms with Gasteiger partial charge in [-0.15, -0.1) is 0 Å². The number of aromatic nitrogens is 1. The van der Waals surface area contributed by atoms with Gasteiger partial charge in [-0.2, -0.15) is 13.1 Å². The van der Waals surface area contributed by atoms with Crippen molar-refractivity contribution < 1.29 is 17.2 Å². The monoisotopic (exact) mass is 305 g/mol. The number of alkyl halides is 2. The zero-order valence-corrected chi connectivity index (χ0v) is 12.2. The minimum atomic E-state index is -3.67. The number of hydrogen-bond acceptors (Lipinski definition) is 4. The lowest BCUT2D eigenvalue weighted by molar-refractivity contribution is 0.0125. The predicted octanol–water partition coefficient (Wildman–Crippen LogP) is 1.10. The lowest BCUT2D eigenvalue weighted by Crippen LogP contribution is -2.46. The van der Waals surface area contributed by atoms with Gasteiger partial charge in [0.05, 0.1) is 5.69 Å². The second-order valence-corrected chi connectivity index (χ2v) is 6.73. The van der Waals surface area contributed by atoms with Crippen molar-refractivity contribution in [3.8, 4) is 0 Å². The maximum atomic E-state index is 13.2. The molecule has 0 bridgehead atoms. The van der Waals surface area contributed by atoms with Gasteiger partial charge in [-0.25, -0.2) is 8.42 Å². The molecule has 0 radical (unpaired) electrons. The summed E-state index contributed by atoms with van der Waals surface area (Å²) in [5, 5.41) is 3.06. The standard InChI is InChI=1S/C12H17F2N3O2S/c1-9-10(3-4-11(16-9)12(2,13)14)20(18,19)17-7-5-15-6-8-17/h3-4,15H,5-8H2,1-2H3. The van der Waals surface area contributed by atoms with Crippen LogP contribution in [0.2, 0.25) is 0 Å². The van der Waals surface area contributed by atoms with Crippen LogP contribution in [-0.2, 0) is 15.9 Å². The molecule has 0 amide bonds. The van der Waals surface area contributed by atoms with Gasteiger partial charge in [0, 0.05) is 33.1 Å². The minimum Gasteiger partial charge on any atom is -0.314 e. The van der Waals surface area contributed by atoms with E-state index in [1.807, 2.05) is 0 Å². The molecule has 5 nitrogen and oxygen atoms in total. The molecule has 2 rings (SSSR count). The topological polar surface area (TPSA) is 62.3 Å². The van der Waals surface area contributed by atoms with E-state index in [4.69, 9.17) is 0 Å². The number of halogens is 2. The van der Waals surface area contributed by atoms with Crippen LogP contribution in [-0.4, -0.2) is 43.9 Å². The fourth-order valence-electron chi connectivity index (χ4n) is 2.09. The molecule has 0 aliphatic carbocycles. The Morgan fingerprint density at radius 3 is 2.40 bits per heavy atom. The van der Waals surface area contributed by atoms with Crippen LogP contribution in [0.3, 0.4) is 0 Å². The number of nitrogens with zero attached hydrogens (tertiary/aromatic N) is 2. The van der Waals surface area contributed by atoms with Crippen molar-refractivity contribution in [2.24, 2.45) is 0 Å². The summed E-state index contributed by atoms with van der Waals surface area (Å²) in [7, 11) is -3.67. The first-order valence-electron chi connectivity index (χ1n) is 6.30. The second kappa shape index (κ2) is 5.34. The molecule has 8 heteroatoms. The smallest absolute Gasteiger partial charge is 0.286 e. The van der Waals surface area contributed by atoms with Gasteiger partial charge in [0.25, 0.3) is 5.92 Å². The van der Waals surface area contributed by atoms with Gasteiger partial charge in [0.15, 0.2) is 0 Å². The Bertz CT molecular complexity index is 593. The fourth-order valence-corrected chi connectivity index (χ4v) is 3.69. The first kappa shape index (κ1) is 15.3. The van der Waals surface area contributed by atoms with E-state index in [0.29, 0.717) is 26.2 Å². The minimum absolute atomic E-state index is 0.00704. The van der Waals surface area contributed by atoms with Crippen LogP contribution in [0.25, 0.3) is 0 Å². The Labute approximate surface area is 117 Å². The first-order valence-corrected chi connectivity index (χ1v) is 7.74. The molecular formula is C12H17F2N3O2S. The Morgan fingerprint density at radius 1 is 1.30 bits per heavy atom. The molecule has 0 aromatic carbocycles. The van der Waals surface area contributed by atoms with Gasteiger partial charge in [0.1, 0.15) is 10.6 Å². The van der Waals surface area contributed by atoms with Crippen molar-refractivity contribution >= 4 is 10.0 Å². The Balaban J connectivity index is 2.37. The molecule has 1 aromatic rings. The molecular weight excluding hydrogens is 288 g/mol. The molecule has 112 valence electrons. The number of rotatable bonds is 3. The third-order valence-corrected chi connectivity index (χ3v) is 5.21. The van der Waals surface area contributed by atoms with Crippen LogP contribution in [0.4, 0.5) is 8.78 Å². The van der Waals surface area contributed by atoms with Crippen LogP contribution < -0.4 is 5.32 Å². The van der Waals surface area contributed by atoms with Crippen molar-refractivity contribution in [2.45, 2.75) is 24.7 Å². The number of sulfonamides is 1. The zero-order chi connectivity index (χ0) is 15.0. The fraction of sp³-hybridized carbons (Fsp3) is 0.583. The summed E-state index contributed by atoms with van der Waals surface area (Å²) in [5.41, 5.74) is -0.322. The van der Waals surface area contributed by atoms with Gasteiger partial charge < -0.3 is 5.32 Å². The summed E-state index contributed by atoms with van der Waals surface area (Å²) in [6.45, 7) is 4.07. The average Bonchev–Trinajstić information content (AvgIpc) is 2.38. The maximum Gasteiger partial charge on any atom is 0.286 e. The number of aryl methyl sites for hydroxylation is 1. The molecule has 0 saturated carbocycles. The third kappa shape index (κ3) is 2.97. The van der Waals surface area contributed by atoms with Crippen molar-refractivity contribution in [1.29, 1.82) is 0 Å². The van der Waals surface area contributed by atoms with E-state index < -0.39 is 21.6 Å². The maximum absolute atomic E-state index is 13.2. The molecule has 0 spiro atoms. The Kier molecular flexibility index (Phi) is 4.08. The largest absolute Gasteiger partial charge is 0.314 e. The SMILES string of the molecule is Cc1nc(C(C)(F)F)ccc1S(=O)(=O)N1CCNCC1. The zero-order valence-electron chi connectivity index (χ0n) is 11.4. The van der Waals surface area contributed by atoms with Gasteiger partial charge in [-0.1, -0.05) is 0 Å². The highest BCUT2D eigenvalue weighted by atomic mass is 32.2. The molecule has 0 unspecified atom stereocenters. The predicted molar refractivity (Wildman–Crippen MR) is 70.2 cm³/mol. The lowest BCUT2D eigenvalue weighted by Gasteiger charge is -2.27. The summed E-state index contributed by atoms with van der Waals surface area (Å²) < 4.78 is 52.6. The van der Waals surface area contributed by atoms with Gasteiger partial charge in [-0.3, -0.25) is 4.98 Å². The third-order valence-electron chi connectivity index (χ3n) is 3.18. The van der Waals surface area contributed by atoms with Crippen LogP contribution in [0.1, 0.15) is 18.3 Å². The summed E-state index contributed by atoms with van der Waals surface area (Å²) in [5.74, 6) is -3.08. The molecule has 1 fully saturated rings. The van der Waals surface area contributed by atoms with E-state index in [1.54, 1.807) is 0 Å². The van der Waals surface area contributed by atoms with Gasteiger partial charge in [0.2, 0.25) is 10.0 Å². The van der Waals surface area contributed by atoms with Gasteiger partial charge in [-0.05, 0) is 19.1 Å². The van der Waals surface area contributed by atoms with E-state index in [0.717, 1.165) is 13.0 Å². The molecule has 1 aliphatic rings. The highest BCUT2D eigenvalue weighted by molar-refractivity contribution is 7.89. The molecule has 0 atom stereocenters. The van der Waals surface area contributed by atoms with Crippen LogP contribution in [0.5, 0.6) is 0 Å². The van der Waals surface area contributed by atoms with E-state index in [-0.39, 0.29) is 10.6 Å². The number of nitrogens with one attached hydrogen (secondary N) is 1.